The van der Waals surface area contributed by atoms with Crippen molar-refractivity contribution < 1.29 is 4.79 Å². The molecule has 24 heavy (non-hydrogen) atoms. The molecular formula is C17H19N5OS. The number of amides is 1. The van der Waals surface area contributed by atoms with E-state index in [9.17, 15) is 4.79 Å². The highest BCUT2D eigenvalue weighted by Gasteiger charge is 2.12. The van der Waals surface area contributed by atoms with Gasteiger partial charge in [-0.15, -0.1) is 0 Å². The van der Waals surface area contributed by atoms with Crippen molar-refractivity contribution >= 4 is 23.8 Å². The number of hydrogen-bond donors (Lipinski definition) is 1. The highest BCUT2D eigenvalue weighted by molar-refractivity contribution is 7.71. The van der Waals surface area contributed by atoms with Crippen LogP contribution in [0.15, 0.2) is 42.7 Å². The molecule has 0 atom stereocenters. The molecule has 6 nitrogen and oxygen atoms in total. The zero-order valence-electron chi connectivity index (χ0n) is 13.9. The van der Waals surface area contributed by atoms with Crippen molar-refractivity contribution in [3.63, 3.8) is 0 Å². The van der Waals surface area contributed by atoms with E-state index in [1.54, 1.807) is 4.68 Å². The molecule has 2 heterocycles. The van der Waals surface area contributed by atoms with E-state index in [1.807, 2.05) is 68.2 Å². The number of anilines is 1. The molecule has 0 bridgehead atoms. The van der Waals surface area contributed by atoms with Gasteiger partial charge in [-0.25, -0.2) is 9.36 Å². The summed E-state index contributed by atoms with van der Waals surface area (Å²) in [5.74, 6) is 0.561. The monoisotopic (exact) mass is 341 g/mol. The van der Waals surface area contributed by atoms with Crippen LogP contribution in [0.4, 0.5) is 5.69 Å². The second-order valence-electron chi connectivity index (χ2n) is 5.73. The maximum Gasteiger partial charge on any atom is 0.246 e. The lowest BCUT2D eigenvalue weighted by atomic mass is 10.1. The number of benzene rings is 1. The maximum atomic E-state index is 12.3. The van der Waals surface area contributed by atoms with Crippen LogP contribution in [0.3, 0.4) is 0 Å². The van der Waals surface area contributed by atoms with Crippen LogP contribution in [0.5, 0.6) is 0 Å². The number of nitrogens with one attached hydrogen (secondary N) is 1. The quantitative estimate of drug-likeness (QED) is 0.742. The predicted octanol–water partition coefficient (Wildman–Crippen LogP) is 3.09. The zero-order chi connectivity index (χ0) is 17.3. The van der Waals surface area contributed by atoms with Gasteiger partial charge in [0.1, 0.15) is 12.4 Å². The third-order valence-electron chi connectivity index (χ3n) is 3.74. The molecule has 1 amide bonds. The summed E-state index contributed by atoms with van der Waals surface area (Å²) < 4.78 is 5.62. The first-order valence-corrected chi connectivity index (χ1v) is 8.04. The minimum absolute atomic E-state index is 0.0707. The summed E-state index contributed by atoms with van der Waals surface area (Å²) in [5.41, 5.74) is 2.99. The van der Waals surface area contributed by atoms with Crippen LogP contribution in [0.2, 0.25) is 0 Å². The maximum absolute atomic E-state index is 12.3. The smallest absolute Gasteiger partial charge is 0.246 e. The molecule has 3 aromatic rings. The van der Waals surface area contributed by atoms with Gasteiger partial charge in [0.15, 0.2) is 0 Å². The number of rotatable bonds is 4. The van der Waals surface area contributed by atoms with Gasteiger partial charge in [0.25, 0.3) is 0 Å². The number of carbonyl (C=O) groups excluding carboxylic acids is 1. The minimum Gasteiger partial charge on any atom is -0.324 e. The first-order chi connectivity index (χ1) is 11.5. The number of aromatic nitrogens is 4. The normalized spacial score (nSPS) is 10.8. The Balaban J connectivity index is 1.80. The molecule has 0 aliphatic carbocycles. The third-order valence-corrected chi connectivity index (χ3v) is 4.13. The van der Waals surface area contributed by atoms with Gasteiger partial charge >= 0.3 is 0 Å². The highest BCUT2D eigenvalue weighted by atomic mass is 32.1. The average molecular weight is 341 g/mol. The van der Waals surface area contributed by atoms with Crippen LogP contribution >= 0.6 is 12.2 Å². The fraction of sp³-hybridized carbons (Fsp3) is 0.235. The molecule has 124 valence electrons. The molecule has 0 spiro atoms. The molecule has 0 aliphatic heterocycles. The van der Waals surface area contributed by atoms with Crippen LogP contribution in [-0.4, -0.2) is 25.0 Å². The summed E-state index contributed by atoms with van der Waals surface area (Å²) in [4.78, 5) is 12.3. The van der Waals surface area contributed by atoms with E-state index in [4.69, 9.17) is 12.2 Å². The van der Waals surface area contributed by atoms with Crippen molar-refractivity contribution in [3.8, 4) is 0 Å². The van der Waals surface area contributed by atoms with Crippen molar-refractivity contribution in [2.75, 3.05) is 5.32 Å². The van der Waals surface area contributed by atoms with Gasteiger partial charge in [0.05, 0.1) is 0 Å². The lowest BCUT2D eigenvalue weighted by Gasteiger charge is -2.09. The molecule has 0 unspecified atom stereocenters. The molecule has 1 aromatic carbocycles. The molecule has 0 aliphatic rings. The summed E-state index contributed by atoms with van der Waals surface area (Å²) in [6.07, 6.45) is 3.76. The Kier molecular flexibility index (Phi) is 4.35. The molecular weight excluding hydrogens is 322 g/mol. The first kappa shape index (κ1) is 16.2. The van der Waals surface area contributed by atoms with Gasteiger partial charge in [-0.2, -0.15) is 5.10 Å². The summed E-state index contributed by atoms with van der Waals surface area (Å²) in [6, 6.07) is 9.73. The molecule has 3 rings (SSSR count). The molecule has 0 saturated carbocycles. The lowest BCUT2D eigenvalue weighted by molar-refractivity contribution is -0.116. The van der Waals surface area contributed by atoms with E-state index in [2.05, 4.69) is 10.4 Å². The summed E-state index contributed by atoms with van der Waals surface area (Å²) in [5, 5.41) is 7.29. The van der Waals surface area contributed by atoms with Gasteiger partial charge in [0, 0.05) is 18.1 Å². The Morgan fingerprint density at radius 3 is 2.58 bits per heavy atom. The summed E-state index contributed by atoms with van der Waals surface area (Å²) in [7, 11) is 0. The number of hydrogen-bond acceptors (Lipinski definition) is 3. The SMILES string of the molecule is Cc1ccc(NC(=O)Cn2nc(C)n(-n3cccc3)c2=S)c(C)c1. The second-order valence-corrected chi connectivity index (χ2v) is 6.09. The van der Waals surface area contributed by atoms with Gasteiger partial charge in [-0.05, 0) is 56.8 Å². The van der Waals surface area contributed by atoms with Crippen LogP contribution in [0, 0.1) is 25.5 Å². The molecule has 1 N–H and O–H groups in total. The predicted molar refractivity (Wildman–Crippen MR) is 95.6 cm³/mol. The van der Waals surface area contributed by atoms with Crippen molar-refractivity contribution in [1.29, 1.82) is 0 Å². The van der Waals surface area contributed by atoms with Crippen molar-refractivity contribution in [2.45, 2.75) is 27.3 Å². The van der Waals surface area contributed by atoms with E-state index >= 15 is 0 Å². The van der Waals surface area contributed by atoms with E-state index in [-0.39, 0.29) is 12.5 Å². The minimum atomic E-state index is -0.157. The van der Waals surface area contributed by atoms with E-state index < -0.39 is 0 Å². The topological polar surface area (TPSA) is 56.8 Å². The Morgan fingerprint density at radius 1 is 1.21 bits per heavy atom. The van der Waals surface area contributed by atoms with Crippen molar-refractivity contribution in [3.05, 3.63) is 64.4 Å². The Bertz CT molecular complexity index is 937. The van der Waals surface area contributed by atoms with Crippen LogP contribution in [0.1, 0.15) is 17.0 Å². The van der Waals surface area contributed by atoms with Crippen LogP contribution < -0.4 is 5.32 Å². The Hall–Kier alpha value is -2.67. The fourth-order valence-corrected chi connectivity index (χ4v) is 2.95. The van der Waals surface area contributed by atoms with Crippen molar-refractivity contribution in [1.82, 2.24) is 19.1 Å². The number of aryl methyl sites for hydroxylation is 3. The average Bonchev–Trinajstić information content (AvgIpc) is 3.11. The van der Waals surface area contributed by atoms with Crippen LogP contribution in [0.25, 0.3) is 0 Å². The van der Waals surface area contributed by atoms with E-state index in [0.717, 1.165) is 22.6 Å². The molecule has 0 saturated heterocycles. The summed E-state index contributed by atoms with van der Waals surface area (Å²) in [6.45, 7) is 5.92. The van der Waals surface area contributed by atoms with E-state index in [1.165, 1.54) is 4.68 Å². The zero-order valence-corrected chi connectivity index (χ0v) is 14.7. The van der Waals surface area contributed by atoms with Crippen molar-refractivity contribution in [2.24, 2.45) is 0 Å². The van der Waals surface area contributed by atoms with Gasteiger partial charge in [0.2, 0.25) is 10.7 Å². The van der Waals surface area contributed by atoms with Crippen LogP contribution in [-0.2, 0) is 11.3 Å². The molecule has 0 fully saturated rings. The largest absolute Gasteiger partial charge is 0.324 e. The van der Waals surface area contributed by atoms with Gasteiger partial charge in [-0.1, -0.05) is 17.7 Å². The van der Waals surface area contributed by atoms with Gasteiger partial charge in [-0.3, -0.25) is 9.47 Å². The Morgan fingerprint density at radius 2 is 1.92 bits per heavy atom. The fourth-order valence-electron chi connectivity index (χ4n) is 2.61. The Labute approximate surface area is 145 Å². The highest BCUT2D eigenvalue weighted by Crippen LogP contribution is 2.16. The summed E-state index contributed by atoms with van der Waals surface area (Å²) >= 11 is 5.45. The van der Waals surface area contributed by atoms with Gasteiger partial charge < -0.3 is 5.32 Å². The standard InChI is InChI=1S/C17H19N5OS/c1-12-6-7-15(13(2)10-12)18-16(23)11-21-17(24)22(14(3)19-21)20-8-4-5-9-20/h4-10H,11H2,1-3H3,(H,18,23). The molecule has 2 aromatic heterocycles. The number of carbonyl (C=O) groups is 1. The second kappa shape index (κ2) is 6.45. The molecule has 0 radical (unpaired) electrons. The molecule has 7 heteroatoms. The lowest BCUT2D eigenvalue weighted by Crippen LogP contribution is -2.20. The number of nitrogens with zero attached hydrogens (tertiary/aromatic N) is 4. The van der Waals surface area contributed by atoms with E-state index in [0.29, 0.717) is 4.77 Å². The first-order valence-electron chi connectivity index (χ1n) is 7.63. The third kappa shape index (κ3) is 3.16.